The van der Waals surface area contributed by atoms with E-state index in [1.165, 1.54) is 12.1 Å². The molecule has 1 aromatic carbocycles. The van der Waals surface area contributed by atoms with Gasteiger partial charge in [-0.3, -0.25) is 4.98 Å². The summed E-state index contributed by atoms with van der Waals surface area (Å²) in [6, 6.07) is 10.2. The van der Waals surface area contributed by atoms with Crippen LogP contribution in [0.5, 0.6) is 0 Å². The molecular weight excluding hydrogens is 234 g/mol. The molecule has 0 saturated carbocycles. The monoisotopic (exact) mass is 248 g/mol. The average Bonchev–Trinajstić information content (AvgIpc) is 2.38. The number of rotatable bonds is 4. The van der Waals surface area contributed by atoms with Crippen LogP contribution in [0.25, 0.3) is 0 Å². The maximum Gasteiger partial charge on any atom is 0.263 e. The zero-order valence-electron chi connectivity index (χ0n) is 10.0. The van der Waals surface area contributed by atoms with E-state index in [0.717, 1.165) is 16.9 Å². The van der Waals surface area contributed by atoms with E-state index in [1.54, 1.807) is 18.3 Å². The third kappa shape index (κ3) is 3.26. The van der Waals surface area contributed by atoms with E-state index in [9.17, 15) is 8.78 Å². The summed E-state index contributed by atoms with van der Waals surface area (Å²) in [5.41, 5.74) is 2.89. The molecule has 0 amide bonds. The molecule has 2 aromatic rings. The molecule has 18 heavy (non-hydrogen) atoms. The van der Waals surface area contributed by atoms with Crippen LogP contribution in [0.1, 0.15) is 23.2 Å². The lowest BCUT2D eigenvalue weighted by Crippen LogP contribution is -2.00. The van der Waals surface area contributed by atoms with Crippen molar-refractivity contribution in [2.75, 3.05) is 5.32 Å². The van der Waals surface area contributed by atoms with Crippen molar-refractivity contribution in [3.05, 3.63) is 59.4 Å². The lowest BCUT2D eigenvalue weighted by atomic mass is 10.1. The Morgan fingerprint density at radius 1 is 1.11 bits per heavy atom. The van der Waals surface area contributed by atoms with Gasteiger partial charge in [-0.1, -0.05) is 24.3 Å². The summed E-state index contributed by atoms with van der Waals surface area (Å²) in [4.78, 5) is 4.17. The van der Waals surface area contributed by atoms with Gasteiger partial charge in [-0.2, -0.15) is 0 Å². The van der Waals surface area contributed by atoms with E-state index >= 15 is 0 Å². The van der Waals surface area contributed by atoms with Gasteiger partial charge in [0.05, 0.1) is 11.9 Å². The fraction of sp³-hybridized carbons (Fsp3) is 0.214. The van der Waals surface area contributed by atoms with Gasteiger partial charge in [0.1, 0.15) is 0 Å². The number of hydrogen-bond donors (Lipinski definition) is 1. The predicted molar refractivity (Wildman–Crippen MR) is 67.7 cm³/mol. The minimum Gasteiger partial charge on any atom is -0.380 e. The maximum absolute atomic E-state index is 12.4. The molecule has 0 fully saturated rings. The number of aromatic nitrogens is 1. The highest BCUT2D eigenvalue weighted by Crippen LogP contribution is 2.19. The second kappa shape index (κ2) is 5.58. The number of halogens is 2. The highest BCUT2D eigenvalue weighted by molar-refractivity contribution is 5.41. The molecule has 0 atom stereocenters. The molecule has 0 radical (unpaired) electrons. The zero-order valence-corrected chi connectivity index (χ0v) is 10.0. The largest absolute Gasteiger partial charge is 0.380 e. The summed E-state index contributed by atoms with van der Waals surface area (Å²) in [6.45, 7) is 2.51. The van der Waals surface area contributed by atoms with Crippen molar-refractivity contribution in [1.29, 1.82) is 0 Å². The minimum atomic E-state index is -2.41. The van der Waals surface area contributed by atoms with Crippen LogP contribution in [-0.2, 0) is 6.54 Å². The van der Waals surface area contributed by atoms with E-state index < -0.39 is 6.43 Å². The molecule has 0 unspecified atom stereocenters. The van der Waals surface area contributed by atoms with Gasteiger partial charge in [-0.25, -0.2) is 8.78 Å². The second-order valence-corrected chi connectivity index (χ2v) is 4.08. The molecule has 4 heteroatoms. The van der Waals surface area contributed by atoms with Crippen molar-refractivity contribution in [3.8, 4) is 0 Å². The van der Waals surface area contributed by atoms with Crippen LogP contribution in [0.3, 0.4) is 0 Å². The number of nitrogens with zero attached hydrogens (tertiary/aromatic N) is 1. The lowest BCUT2D eigenvalue weighted by Gasteiger charge is -2.07. The van der Waals surface area contributed by atoms with Crippen LogP contribution < -0.4 is 5.32 Å². The van der Waals surface area contributed by atoms with Gasteiger partial charge >= 0.3 is 0 Å². The van der Waals surface area contributed by atoms with Gasteiger partial charge in [0.15, 0.2) is 0 Å². The molecule has 1 N–H and O–H groups in total. The molecule has 2 nitrogen and oxygen atoms in total. The SMILES string of the molecule is Cc1ccc(NCc2ccc(C(F)F)cc2)cn1. The summed E-state index contributed by atoms with van der Waals surface area (Å²) in [7, 11) is 0. The van der Waals surface area contributed by atoms with Crippen molar-refractivity contribution < 1.29 is 8.78 Å². The first-order valence-electron chi connectivity index (χ1n) is 5.68. The summed E-state index contributed by atoms with van der Waals surface area (Å²) in [5.74, 6) is 0. The van der Waals surface area contributed by atoms with Crippen LogP contribution in [0.4, 0.5) is 14.5 Å². The van der Waals surface area contributed by atoms with Gasteiger partial charge in [0, 0.05) is 17.8 Å². The molecule has 0 aliphatic carbocycles. The molecule has 0 aliphatic heterocycles. The number of pyridine rings is 1. The fourth-order valence-corrected chi connectivity index (χ4v) is 1.56. The molecule has 94 valence electrons. The highest BCUT2D eigenvalue weighted by atomic mass is 19.3. The first-order chi connectivity index (χ1) is 8.65. The fourth-order valence-electron chi connectivity index (χ4n) is 1.56. The van der Waals surface area contributed by atoms with Crippen LogP contribution in [0.2, 0.25) is 0 Å². The first-order valence-corrected chi connectivity index (χ1v) is 5.68. The molecule has 1 aromatic heterocycles. The van der Waals surface area contributed by atoms with Gasteiger partial charge in [-0.15, -0.1) is 0 Å². The third-order valence-corrected chi connectivity index (χ3v) is 2.64. The summed E-state index contributed by atoms with van der Waals surface area (Å²) in [6.07, 6.45) is -0.656. The Kier molecular flexibility index (Phi) is 3.87. The van der Waals surface area contributed by atoms with E-state index in [0.29, 0.717) is 6.54 Å². The molecular formula is C14H14F2N2. The number of alkyl halides is 2. The van der Waals surface area contributed by atoms with Crippen molar-refractivity contribution in [3.63, 3.8) is 0 Å². The summed E-state index contributed by atoms with van der Waals surface area (Å²) >= 11 is 0. The molecule has 2 rings (SSSR count). The average molecular weight is 248 g/mol. The van der Waals surface area contributed by atoms with Crippen LogP contribution in [0, 0.1) is 6.92 Å². The van der Waals surface area contributed by atoms with Crippen molar-refractivity contribution in [2.24, 2.45) is 0 Å². The summed E-state index contributed by atoms with van der Waals surface area (Å²) < 4.78 is 24.7. The van der Waals surface area contributed by atoms with E-state index in [1.807, 2.05) is 19.1 Å². The molecule has 0 spiro atoms. The lowest BCUT2D eigenvalue weighted by molar-refractivity contribution is 0.151. The maximum atomic E-state index is 12.4. The molecule has 1 heterocycles. The quantitative estimate of drug-likeness (QED) is 0.886. The van der Waals surface area contributed by atoms with Crippen molar-refractivity contribution >= 4 is 5.69 Å². The Hall–Kier alpha value is -1.97. The topological polar surface area (TPSA) is 24.9 Å². The van der Waals surface area contributed by atoms with E-state index in [-0.39, 0.29) is 5.56 Å². The van der Waals surface area contributed by atoms with Gasteiger partial charge in [-0.05, 0) is 24.6 Å². The summed E-state index contributed by atoms with van der Waals surface area (Å²) in [5, 5.41) is 3.19. The Morgan fingerprint density at radius 3 is 2.39 bits per heavy atom. The number of hydrogen-bond acceptors (Lipinski definition) is 2. The van der Waals surface area contributed by atoms with Crippen molar-refractivity contribution in [1.82, 2.24) is 4.98 Å². The molecule has 0 saturated heterocycles. The van der Waals surface area contributed by atoms with Gasteiger partial charge < -0.3 is 5.32 Å². The minimum absolute atomic E-state index is 0.0516. The number of nitrogens with one attached hydrogen (secondary N) is 1. The second-order valence-electron chi connectivity index (χ2n) is 4.08. The Labute approximate surface area is 105 Å². The number of aryl methyl sites for hydroxylation is 1. The van der Waals surface area contributed by atoms with Crippen LogP contribution >= 0.6 is 0 Å². The number of benzene rings is 1. The van der Waals surface area contributed by atoms with Crippen molar-refractivity contribution in [2.45, 2.75) is 19.9 Å². The van der Waals surface area contributed by atoms with Crippen LogP contribution in [-0.4, -0.2) is 4.98 Å². The smallest absolute Gasteiger partial charge is 0.263 e. The standard InChI is InChI=1S/C14H14F2N2/c1-10-2-7-13(9-17-10)18-8-11-3-5-12(6-4-11)14(15)16/h2-7,9,14,18H,8H2,1H3. The van der Waals surface area contributed by atoms with E-state index in [2.05, 4.69) is 10.3 Å². The van der Waals surface area contributed by atoms with Gasteiger partial charge in [0.25, 0.3) is 6.43 Å². The third-order valence-electron chi connectivity index (χ3n) is 2.64. The Morgan fingerprint density at radius 2 is 1.83 bits per heavy atom. The highest BCUT2D eigenvalue weighted by Gasteiger charge is 2.05. The molecule has 0 aliphatic rings. The van der Waals surface area contributed by atoms with Crippen LogP contribution in [0.15, 0.2) is 42.6 Å². The number of anilines is 1. The van der Waals surface area contributed by atoms with Gasteiger partial charge in [0.2, 0.25) is 0 Å². The Bertz CT molecular complexity index is 492. The molecule has 0 bridgehead atoms. The predicted octanol–water partition coefficient (Wildman–Crippen LogP) is 3.94. The Balaban J connectivity index is 1.95. The van der Waals surface area contributed by atoms with E-state index in [4.69, 9.17) is 0 Å². The first kappa shape index (κ1) is 12.5. The normalized spacial score (nSPS) is 10.7. The zero-order chi connectivity index (χ0) is 13.0.